The number of carbonyl (C=O) groups excluding carboxylic acids is 2. The largest absolute Gasteiger partial charge is 0.333 e. The first-order valence-corrected chi connectivity index (χ1v) is 10.2. The molecule has 0 aliphatic heterocycles. The van der Waals surface area contributed by atoms with Crippen molar-refractivity contribution in [3.63, 3.8) is 0 Å². The van der Waals surface area contributed by atoms with Gasteiger partial charge in [-0.3, -0.25) is 9.59 Å². The Kier molecular flexibility index (Phi) is 6.78. The summed E-state index contributed by atoms with van der Waals surface area (Å²) in [7, 11) is 0. The van der Waals surface area contributed by atoms with Gasteiger partial charge >= 0.3 is 0 Å². The van der Waals surface area contributed by atoms with Gasteiger partial charge in [-0.25, -0.2) is 4.68 Å². The Labute approximate surface area is 178 Å². The number of anilines is 1. The van der Waals surface area contributed by atoms with Crippen LogP contribution in [-0.2, 0) is 15.0 Å². The molecule has 0 radical (unpaired) electrons. The molecule has 6 nitrogen and oxygen atoms in total. The van der Waals surface area contributed by atoms with Crippen molar-refractivity contribution in [2.45, 2.75) is 53.9 Å². The summed E-state index contributed by atoms with van der Waals surface area (Å²) in [4.78, 5) is 26.9. The van der Waals surface area contributed by atoms with Crippen molar-refractivity contribution in [1.29, 1.82) is 0 Å². The molecular weight excluding hydrogens is 388 g/mol. The molecule has 0 fully saturated rings. The summed E-state index contributed by atoms with van der Waals surface area (Å²) in [6, 6.07) is 9.12. The van der Waals surface area contributed by atoms with Gasteiger partial charge < -0.3 is 10.2 Å². The molecule has 0 unspecified atom stereocenters. The normalized spacial score (nSPS) is 12.0. The summed E-state index contributed by atoms with van der Waals surface area (Å²) in [6.45, 7) is 14.1. The highest BCUT2D eigenvalue weighted by atomic mass is 35.5. The van der Waals surface area contributed by atoms with E-state index in [2.05, 4.69) is 31.2 Å². The van der Waals surface area contributed by atoms with Gasteiger partial charge in [-0.1, -0.05) is 53.1 Å². The average Bonchev–Trinajstić information content (AvgIpc) is 3.03. The zero-order valence-corrected chi connectivity index (χ0v) is 19.1. The maximum Gasteiger partial charge on any atom is 0.245 e. The van der Waals surface area contributed by atoms with Gasteiger partial charge in [0.2, 0.25) is 11.8 Å². The van der Waals surface area contributed by atoms with Gasteiger partial charge in [0.15, 0.2) is 0 Å². The fourth-order valence-electron chi connectivity index (χ4n) is 2.77. The van der Waals surface area contributed by atoms with Crippen LogP contribution in [0, 0.1) is 5.41 Å². The van der Waals surface area contributed by atoms with E-state index in [1.807, 2.05) is 45.9 Å². The molecule has 0 atom stereocenters. The number of carbonyl (C=O) groups is 2. The van der Waals surface area contributed by atoms with Gasteiger partial charge in [-0.05, 0) is 31.2 Å². The van der Waals surface area contributed by atoms with Crippen LogP contribution in [0.25, 0.3) is 5.69 Å². The van der Waals surface area contributed by atoms with Crippen LogP contribution in [0.1, 0.15) is 54.2 Å². The van der Waals surface area contributed by atoms with E-state index in [1.165, 1.54) is 0 Å². The predicted octanol–water partition coefficient (Wildman–Crippen LogP) is 4.66. The lowest BCUT2D eigenvalue weighted by Gasteiger charge is -2.28. The Morgan fingerprint density at radius 3 is 2.17 bits per heavy atom. The molecule has 2 rings (SSSR count). The molecule has 7 heteroatoms. The third kappa shape index (κ3) is 5.82. The zero-order chi connectivity index (χ0) is 22.0. The number of amides is 2. The second-order valence-corrected chi connectivity index (χ2v) is 9.61. The summed E-state index contributed by atoms with van der Waals surface area (Å²) in [6.07, 6.45) is 0. The molecule has 1 heterocycles. The Bertz CT molecular complexity index is 874. The minimum atomic E-state index is -0.541. The zero-order valence-electron chi connectivity index (χ0n) is 18.3. The van der Waals surface area contributed by atoms with Crippen LogP contribution in [0.4, 0.5) is 5.82 Å². The number of benzene rings is 1. The highest BCUT2D eigenvalue weighted by molar-refractivity contribution is 6.30. The molecule has 0 bridgehead atoms. The van der Waals surface area contributed by atoms with Crippen molar-refractivity contribution in [2.75, 3.05) is 18.4 Å². The highest BCUT2D eigenvalue weighted by Crippen LogP contribution is 2.27. The van der Waals surface area contributed by atoms with E-state index in [0.717, 1.165) is 11.4 Å². The Hall–Kier alpha value is -2.34. The van der Waals surface area contributed by atoms with Crippen molar-refractivity contribution >= 4 is 29.2 Å². The van der Waals surface area contributed by atoms with Crippen molar-refractivity contribution in [1.82, 2.24) is 14.7 Å². The lowest BCUT2D eigenvalue weighted by atomic mass is 9.92. The van der Waals surface area contributed by atoms with Crippen LogP contribution < -0.4 is 5.32 Å². The van der Waals surface area contributed by atoms with Gasteiger partial charge in [-0.15, -0.1) is 0 Å². The van der Waals surface area contributed by atoms with Crippen molar-refractivity contribution < 1.29 is 9.59 Å². The van der Waals surface area contributed by atoms with E-state index in [9.17, 15) is 9.59 Å². The molecule has 158 valence electrons. The topological polar surface area (TPSA) is 67.2 Å². The van der Waals surface area contributed by atoms with E-state index in [0.29, 0.717) is 17.4 Å². The average molecular weight is 419 g/mol. The lowest BCUT2D eigenvalue weighted by molar-refractivity contribution is -0.141. The third-order valence-electron chi connectivity index (χ3n) is 4.46. The van der Waals surface area contributed by atoms with E-state index < -0.39 is 5.41 Å². The molecule has 0 spiro atoms. The summed E-state index contributed by atoms with van der Waals surface area (Å²) in [5.74, 6) is 0.235. The van der Waals surface area contributed by atoms with Crippen LogP contribution in [0.5, 0.6) is 0 Å². The first-order chi connectivity index (χ1) is 13.3. The van der Waals surface area contributed by atoms with Crippen LogP contribution in [0.15, 0.2) is 30.3 Å². The maximum absolute atomic E-state index is 12.7. The number of nitrogens with zero attached hydrogens (tertiary/aromatic N) is 3. The Balaban J connectivity index is 2.31. The summed E-state index contributed by atoms with van der Waals surface area (Å²) in [5.41, 5.74) is 0.912. The first-order valence-electron chi connectivity index (χ1n) is 9.78. The second kappa shape index (κ2) is 8.57. The van der Waals surface area contributed by atoms with Gasteiger partial charge in [-0.2, -0.15) is 5.10 Å². The van der Waals surface area contributed by atoms with Crippen LogP contribution in [0.2, 0.25) is 5.02 Å². The minimum Gasteiger partial charge on any atom is -0.333 e. The van der Waals surface area contributed by atoms with Crippen LogP contribution in [0.3, 0.4) is 0 Å². The number of nitrogens with one attached hydrogen (secondary N) is 1. The number of hydrogen-bond donors (Lipinski definition) is 1. The minimum absolute atomic E-state index is 0.0107. The summed E-state index contributed by atoms with van der Waals surface area (Å²) >= 11 is 6.00. The third-order valence-corrected chi connectivity index (χ3v) is 4.71. The number of hydrogen-bond acceptors (Lipinski definition) is 3. The lowest BCUT2D eigenvalue weighted by Crippen LogP contribution is -2.43. The van der Waals surface area contributed by atoms with Crippen molar-refractivity contribution in [3.8, 4) is 5.69 Å². The molecular formula is C22H31ClN4O2. The maximum atomic E-state index is 12.7. The first kappa shape index (κ1) is 22.9. The summed E-state index contributed by atoms with van der Waals surface area (Å²) in [5, 5.41) is 8.24. The van der Waals surface area contributed by atoms with E-state index in [4.69, 9.17) is 11.6 Å². The molecule has 29 heavy (non-hydrogen) atoms. The monoisotopic (exact) mass is 418 g/mol. The van der Waals surface area contributed by atoms with Crippen LogP contribution in [-0.4, -0.2) is 39.6 Å². The standard InChI is InChI=1S/C22H31ClN4O2/c1-8-26(20(29)22(5,6)7)14-19(28)24-18-13-17(21(2,3)4)25-27(18)16-11-9-15(23)10-12-16/h9-13H,8,14H2,1-7H3,(H,24,28). The molecule has 1 aromatic heterocycles. The van der Waals surface area contributed by atoms with Gasteiger partial charge in [0, 0.05) is 28.5 Å². The number of rotatable bonds is 5. The van der Waals surface area contributed by atoms with Gasteiger partial charge in [0.25, 0.3) is 0 Å². The molecule has 2 amide bonds. The molecule has 0 saturated heterocycles. The molecule has 0 aliphatic carbocycles. The van der Waals surface area contributed by atoms with Crippen molar-refractivity contribution in [2.24, 2.45) is 5.41 Å². The highest BCUT2D eigenvalue weighted by Gasteiger charge is 2.28. The SMILES string of the molecule is CCN(CC(=O)Nc1cc(C(C)(C)C)nn1-c1ccc(Cl)cc1)C(=O)C(C)(C)C. The smallest absolute Gasteiger partial charge is 0.245 e. The van der Waals surface area contributed by atoms with E-state index >= 15 is 0 Å². The number of halogens is 1. The van der Waals surface area contributed by atoms with E-state index in [1.54, 1.807) is 21.7 Å². The fraction of sp³-hybridized carbons (Fsp3) is 0.500. The van der Waals surface area contributed by atoms with Gasteiger partial charge in [0.05, 0.1) is 17.9 Å². The molecule has 0 aliphatic rings. The molecule has 1 N–H and O–H groups in total. The van der Waals surface area contributed by atoms with Gasteiger partial charge in [0.1, 0.15) is 5.82 Å². The number of likely N-dealkylation sites (N-methyl/N-ethyl adjacent to an activating group) is 1. The molecule has 1 aromatic carbocycles. The summed E-state index contributed by atoms with van der Waals surface area (Å²) < 4.78 is 1.69. The predicted molar refractivity (Wildman–Crippen MR) is 118 cm³/mol. The Morgan fingerprint density at radius 1 is 1.10 bits per heavy atom. The fourth-order valence-corrected chi connectivity index (χ4v) is 2.90. The molecule has 0 saturated carbocycles. The molecule has 2 aromatic rings. The second-order valence-electron chi connectivity index (χ2n) is 9.17. The van der Waals surface area contributed by atoms with E-state index in [-0.39, 0.29) is 23.8 Å². The quantitative estimate of drug-likeness (QED) is 0.767. The van der Waals surface area contributed by atoms with Crippen molar-refractivity contribution in [3.05, 3.63) is 41.0 Å². The number of aromatic nitrogens is 2. The van der Waals surface area contributed by atoms with Crippen LogP contribution >= 0.6 is 11.6 Å². The Morgan fingerprint density at radius 2 is 1.69 bits per heavy atom.